The van der Waals surface area contributed by atoms with E-state index < -0.39 is 0 Å². The summed E-state index contributed by atoms with van der Waals surface area (Å²) in [7, 11) is 0. The summed E-state index contributed by atoms with van der Waals surface area (Å²) in [6.45, 7) is 0. The summed E-state index contributed by atoms with van der Waals surface area (Å²) in [5.41, 5.74) is 3.60. The van der Waals surface area contributed by atoms with Gasteiger partial charge >= 0.3 is 0 Å². The Labute approximate surface area is 241 Å². The number of nitrogens with zero attached hydrogens (tertiary/aromatic N) is 1. The number of fused-ring (bicyclic) bond motifs is 1. The lowest BCUT2D eigenvalue weighted by atomic mass is 9.49. The Kier molecular flexibility index (Phi) is 5.18. The number of benzene rings is 2. The predicted octanol–water partition coefficient (Wildman–Crippen LogP) is 7.80. The standard InChI is InChI=1S/C35H39N3O3/c39-32(34-14-20-7-21(15-34)9-22(8-20)16-34)36-27-3-1-26(2-4-27)31-38-29-13-28(5-6-30(29)41-31)37-33(40)35-17-23-10-24(18-35)12-25(11-23)19-35/h1-6,13,20-25H,7-12,14-19H2,(H,36,39)(H,37,40). The van der Waals surface area contributed by atoms with E-state index in [9.17, 15) is 9.59 Å². The fourth-order valence-electron chi connectivity index (χ4n) is 11.1. The van der Waals surface area contributed by atoms with E-state index in [2.05, 4.69) is 10.6 Å². The van der Waals surface area contributed by atoms with Crippen LogP contribution in [-0.2, 0) is 9.59 Å². The Morgan fingerprint density at radius 2 is 1.07 bits per heavy atom. The molecule has 8 saturated carbocycles. The van der Waals surface area contributed by atoms with Gasteiger partial charge in [-0.25, -0.2) is 4.98 Å². The third-order valence-corrected chi connectivity index (χ3v) is 12.1. The van der Waals surface area contributed by atoms with Crippen LogP contribution in [0, 0.1) is 46.3 Å². The summed E-state index contributed by atoms with van der Waals surface area (Å²) in [6.07, 6.45) is 14.4. The second kappa shape index (κ2) is 8.68. The lowest BCUT2D eigenvalue weighted by molar-refractivity contribution is -0.141. The number of rotatable bonds is 5. The van der Waals surface area contributed by atoms with Gasteiger partial charge in [-0.3, -0.25) is 9.59 Å². The summed E-state index contributed by atoms with van der Waals surface area (Å²) in [6, 6.07) is 13.6. The minimum Gasteiger partial charge on any atom is -0.436 e. The Morgan fingerprint density at radius 1 is 0.634 bits per heavy atom. The van der Waals surface area contributed by atoms with E-state index in [4.69, 9.17) is 9.40 Å². The highest BCUT2D eigenvalue weighted by atomic mass is 16.3. The number of carbonyl (C=O) groups excluding carboxylic acids is 2. The van der Waals surface area contributed by atoms with Gasteiger partial charge in [-0.1, -0.05) is 0 Å². The maximum Gasteiger partial charge on any atom is 0.230 e. The van der Waals surface area contributed by atoms with Crippen molar-refractivity contribution in [2.75, 3.05) is 10.6 Å². The van der Waals surface area contributed by atoms with Crippen LogP contribution in [0.1, 0.15) is 77.0 Å². The van der Waals surface area contributed by atoms with Crippen LogP contribution in [-0.4, -0.2) is 16.8 Å². The van der Waals surface area contributed by atoms with E-state index >= 15 is 0 Å². The average molecular weight is 550 g/mol. The Bertz CT molecular complexity index is 1480. The molecular formula is C35H39N3O3. The molecule has 0 spiro atoms. The van der Waals surface area contributed by atoms with Crippen molar-refractivity contribution in [3.05, 3.63) is 42.5 Å². The lowest BCUT2D eigenvalue weighted by Crippen LogP contribution is -2.51. The van der Waals surface area contributed by atoms with Crippen LogP contribution >= 0.6 is 0 Å². The Balaban J connectivity index is 0.896. The van der Waals surface area contributed by atoms with Crippen LogP contribution in [0.4, 0.5) is 11.4 Å². The van der Waals surface area contributed by atoms with E-state index in [-0.39, 0.29) is 22.6 Å². The lowest BCUT2D eigenvalue weighted by Gasteiger charge is -2.55. The molecular weight excluding hydrogens is 510 g/mol. The van der Waals surface area contributed by atoms with Gasteiger partial charge < -0.3 is 15.1 Å². The first-order chi connectivity index (χ1) is 19.9. The maximum absolute atomic E-state index is 13.5. The molecule has 0 saturated heterocycles. The summed E-state index contributed by atoms with van der Waals surface area (Å²) in [5.74, 6) is 5.43. The van der Waals surface area contributed by atoms with Crippen LogP contribution in [0.3, 0.4) is 0 Å². The topological polar surface area (TPSA) is 84.2 Å². The molecule has 212 valence electrons. The number of aromatic nitrogens is 1. The van der Waals surface area contributed by atoms with Gasteiger partial charge in [0.05, 0.1) is 10.8 Å². The van der Waals surface area contributed by atoms with Crippen LogP contribution < -0.4 is 10.6 Å². The zero-order valence-electron chi connectivity index (χ0n) is 23.7. The van der Waals surface area contributed by atoms with Crippen molar-refractivity contribution in [3.8, 4) is 11.5 Å². The SMILES string of the molecule is O=C(Nc1ccc(-c2nc3cc(NC(=O)C45CC6CC(CC(C6)C4)C5)ccc3o2)cc1)C12CC3CC(CC(C3)C1)C2. The average Bonchev–Trinajstić information content (AvgIpc) is 3.35. The molecule has 11 rings (SSSR count). The Morgan fingerprint density at radius 3 is 1.56 bits per heavy atom. The highest BCUT2D eigenvalue weighted by molar-refractivity contribution is 5.97. The van der Waals surface area contributed by atoms with Crippen molar-refractivity contribution in [1.29, 1.82) is 0 Å². The molecule has 1 aromatic heterocycles. The molecule has 0 atom stereocenters. The number of hydrogen-bond acceptors (Lipinski definition) is 4. The fourth-order valence-corrected chi connectivity index (χ4v) is 11.1. The largest absolute Gasteiger partial charge is 0.436 e. The number of nitrogens with one attached hydrogen (secondary N) is 2. The van der Waals surface area contributed by atoms with Gasteiger partial charge in [0, 0.05) is 16.9 Å². The molecule has 2 aromatic carbocycles. The van der Waals surface area contributed by atoms with Crippen LogP contribution in [0.5, 0.6) is 0 Å². The van der Waals surface area contributed by atoms with Gasteiger partial charge in [-0.15, -0.1) is 0 Å². The van der Waals surface area contributed by atoms with E-state index in [0.29, 0.717) is 11.5 Å². The number of amides is 2. The highest BCUT2D eigenvalue weighted by Crippen LogP contribution is 2.61. The minimum absolute atomic E-state index is 0.156. The minimum atomic E-state index is -0.175. The molecule has 8 bridgehead atoms. The van der Waals surface area contributed by atoms with Crippen molar-refractivity contribution in [2.24, 2.45) is 46.3 Å². The molecule has 6 nitrogen and oxygen atoms in total. The van der Waals surface area contributed by atoms with Crippen LogP contribution in [0.25, 0.3) is 22.6 Å². The molecule has 6 heteroatoms. The number of carbonyl (C=O) groups is 2. The van der Waals surface area contributed by atoms with Crippen molar-refractivity contribution in [1.82, 2.24) is 4.98 Å². The molecule has 2 N–H and O–H groups in total. The third-order valence-electron chi connectivity index (χ3n) is 12.1. The number of hydrogen-bond donors (Lipinski definition) is 2. The molecule has 0 radical (unpaired) electrons. The quantitative estimate of drug-likeness (QED) is 0.340. The van der Waals surface area contributed by atoms with Crippen LogP contribution in [0.2, 0.25) is 0 Å². The molecule has 8 fully saturated rings. The van der Waals surface area contributed by atoms with Crippen LogP contribution in [0.15, 0.2) is 46.9 Å². The molecule has 8 aliphatic rings. The van der Waals surface area contributed by atoms with Crippen molar-refractivity contribution >= 4 is 34.3 Å². The third kappa shape index (κ3) is 3.99. The molecule has 1 heterocycles. The molecule has 3 aromatic rings. The van der Waals surface area contributed by atoms with Gasteiger partial charge in [-0.2, -0.15) is 0 Å². The zero-order valence-corrected chi connectivity index (χ0v) is 23.7. The van der Waals surface area contributed by atoms with E-state index in [0.717, 1.165) is 96.5 Å². The zero-order chi connectivity index (χ0) is 27.3. The normalized spacial score (nSPS) is 38.0. The summed E-state index contributed by atoms with van der Waals surface area (Å²) < 4.78 is 6.09. The first-order valence-corrected chi connectivity index (χ1v) is 16.0. The second-order valence-corrected chi connectivity index (χ2v) is 15.1. The van der Waals surface area contributed by atoms with Crippen molar-refractivity contribution in [3.63, 3.8) is 0 Å². The van der Waals surface area contributed by atoms with E-state index in [1.807, 2.05) is 42.5 Å². The van der Waals surface area contributed by atoms with E-state index in [1.165, 1.54) is 38.5 Å². The van der Waals surface area contributed by atoms with Crippen molar-refractivity contribution < 1.29 is 14.0 Å². The van der Waals surface area contributed by atoms with Gasteiger partial charge in [0.25, 0.3) is 0 Å². The first kappa shape index (κ1) is 24.4. The first-order valence-electron chi connectivity index (χ1n) is 16.0. The van der Waals surface area contributed by atoms with Gasteiger partial charge in [0.15, 0.2) is 5.58 Å². The highest BCUT2D eigenvalue weighted by Gasteiger charge is 2.55. The summed E-state index contributed by atoms with van der Waals surface area (Å²) >= 11 is 0. The second-order valence-electron chi connectivity index (χ2n) is 15.1. The van der Waals surface area contributed by atoms with Gasteiger partial charge in [0.1, 0.15) is 5.52 Å². The maximum atomic E-state index is 13.5. The summed E-state index contributed by atoms with van der Waals surface area (Å²) in [4.78, 5) is 31.7. The molecule has 0 aliphatic heterocycles. The smallest absolute Gasteiger partial charge is 0.230 e. The van der Waals surface area contributed by atoms with Gasteiger partial charge in [-0.05, 0) is 155 Å². The number of anilines is 2. The van der Waals surface area contributed by atoms with Gasteiger partial charge in [0.2, 0.25) is 17.7 Å². The molecule has 41 heavy (non-hydrogen) atoms. The molecule has 8 aliphatic carbocycles. The monoisotopic (exact) mass is 549 g/mol. The van der Waals surface area contributed by atoms with Crippen molar-refractivity contribution in [2.45, 2.75) is 77.0 Å². The fraction of sp³-hybridized carbons (Fsp3) is 0.571. The molecule has 0 unspecified atom stereocenters. The summed E-state index contributed by atoms with van der Waals surface area (Å²) in [5, 5.41) is 6.50. The predicted molar refractivity (Wildman–Crippen MR) is 158 cm³/mol. The molecule has 2 amide bonds. The number of oxazole rings is 1. The Hall–Kier alpha value is -3.15. The van der Waals surface area contributed by atoms with E-state index in [1.54, 1.807) is 0 Å².